The van der Waals surface area contributed by atoms with Gasteiger partial charge < -0.3 is 19.3 Å². The molecule has 0 spiro atoms. The summed E-state index contributed by atoms with van der Waals surface area (Å²) in [6.07, 6.45) is 5.17. The minimum absolute atomic E-state index is 0.0142. The van der Waals surface area contributed by atoms with Crippen molar-refractivity contribution in [2.75, 3.05) is 45.3 Å². The van der Waals surface area contributed by atoms with Crippen LogP contribution < -0.4 is 14.4 Å². The van der Waals surface area contributed by atoms with Gasteiger partial charge in [-0.3, -0.25) is 4.79 Å². The number of rotatable bonds is 6. The number of pyridine rings is 2. The van der Waals surface area contributed by atoms with Crippen LogP contribution in [0.5, 0.6) is 11.5 Å². The number of hydrogen-bond acceptors (Lipinski definition) is 7. The first-order valence-corrected chi connectivity index (χ1v) is 11.1. The fourth-order valence-electron chi connectivity index (χ4n) is 4.21. The Morgan fingerprint density at radius 2 is 1.82 bits per heavy atom. The summed E-state index contributed by atoms with van der Waals surface area (Å²) in [5.74, 6) is 2.38. The molecule has 174 valence electrons. The number of amides is 1. The third-order valence-electron chi connectivity index (χ3n) is 6.08. The van der Waals surface area contributed by atoms with Crippen LogP contribution in [0.1, 0.15) is 15.9 Å². The van der Waals surface area contributed by atoms with Crippen LogP contribution in [0, 0.1) is 0 Å². The molecule has 0 N–H and O–H groups in total. The van der Waals surface area contributed by atoms with Crippen LogP contribution in [0.2, 0.25) is 0 Å². The van der Waals surface area contributed by atoms with E-state index in [1.807, 2.05) is 47.4 Å². The van der Waals surface area contributed by atoms with E-state index in [9.17, 15) is 4.79 Å². The largest absolute Gasteiger partial charge is 0.497 e. The monoisotopic (exact) mass is 458 g/mol. The van der Waals surface area contributed by atoms with E-state index >= 15 is 0 Å². The number of carbonyl (C=O) groups is 1. The van der Waals surface area contributed by atoms with Crippen LogP contribution in [-0.2, 0) is 6.54 Å². The Hall–Kier alpha value is -4.14. The lowest BCUT2D eigenvalue weighted by molar-refractivity contribution is 0.0746. The van der Waals surface area contributed by atoms with E-state index in [4.69, 9.17) is 9.47 Å². The van der Waals surface area contributed by atoms with Crippen molar-refractivity contribution >= 4 is 22.8 Å². The lowest BCUT2D eigenvalue weighted by atomic mass is 10.2. The van der Waals surface area contributed by atoms with Crippen molar-refractivity contribution in [3.8, 4) is 11.5 Å². The Labute approximate surface area is 197 Å². The standard InChI is InChI=1S/C25H26N6O3/c1-33-21-7-6-18(22(14-21)34-2)17-31-24-19(16-28-31)13-20(15-27-24)25(32)30-11-9-29(10-12-30)23-5-3-4-8-26-23/h3-8,13-16H,9-12,17H2,1-2H3. The van der Waals surface area contributed by atoms with Crippen LogP contribution in [0.3, 0.4) is 0 Å². The van der Waals surface area contributed by atoms with Crippen molar-refractivity contribution in [1.82, 2.24) is 24.6 Å². The average Bonchev–Trinajstić information content (AvgIpc) is 3.31. The number of nitrogens with zero attached hydrogens (tertiary/aromatic N) is 6. The third kappa shape index (κ3) is 4.24. The zero-order chi connectivity index (χ0) is 23.5. The van der Waals surface area contributed by atoms with E-state index in [0.29, 0.717) is 25.2 Å². The van der Waals surface area contributed by atoms with Gasteiger partial charge in [0.25, 0.3) is 5.91 Å². The summed E-state index contributed by atoms with van der Waals surface area (Å²) in [6.45, 7) is 3.28. The Balaban J connectivity index is 1.30. The highest BCUT2D eigenvalue weighted by atomic mass is 16.5. The molecule has 1 aromatic carbocycles. The Kier molecular flexibility index (Phi) is 5.99. The maximum Gasteiger partial charge on any atom is 0.255 e. The van der Waals surface area contributed by atoms with Crippen LogP contribution >= 0.6 is 0 Å². The second-order valence-corrected chi connectivity index (χ2v) is 8.08. The van der Waals surface area contributed by atoms with Crippen LogP contribution in [-0.4, -0.2) is 71.0 Å². The zero-order valence-corrected chi connectivity index (χ0v) is 19.2. The summed E-state index contributed by atoms with van der Waals surface area (Å²) >= 11 is 0. The Bertz CT molecular complexity index is 1300. The SMILES string of the molecule is COc1ccc(Cn2ncc3cc(C(=O)N4CCN(c5ccccn5)CC4)cnc32)c(OC)c1. The first kappa shape index (κ1) is 21.7. The fraction of sp³-hybridized carbons (Fsp3) is 0.280. The zero-order valence-electron chi connectivity index (χ0n) is 19.2. The number of aromatic nitrogens is 4. The molecule has 3 aromatic heterocycles. The van der Waals surface area contributed by atoms with Gasteiger partial charge in [-0.2, -0.15) is 5.10 Å². The van der Waals surface area contributed by atoms with Gasteiger partial charge in [0.2, 0.25) is 0 Å². The van der Waals surface area contributed by atoms with E-state index < -0.39 is 0 Å². The average molecular weight is 459 g/mol. The lowest BCUT2D eigenvalue weighted by Crippen LogP contribution is -2.49. The van der Waals surface area contributed by atoms with Crippen LogP contribution in [0.25, 0.3) is 11.0 Å². The maximum absolute atomic E-state index is 13.1. The second-order valence-electron chi connectivity index (χ2n) is 8.08. The molecule has 0 atom stereocenters. The molecule has 4 heterocycles. The number of methoxy groups -OCH3 is 2. The Morgan fingerprint density at radius 1 is 0.971 bits per heavy atom. The fourth-order valence-corrected chi connectivity index (χ4v) is 4.21. The van der Waals surface area contributed by atoms with E-state index in [2.05, 4.69) is 20.0 Å². The molecule has 1 aliphatic rings. The van der Waals surface area contributed by atoms with Crippen molar-refractivity contribution in [3.63, 3.8) is 0 Å². The predicted octanol–water partition coefficient (Wildman–Crippen LogP) is 2.85. The van der Waals surface area contributed by atoms with Gasteiger partial charge >= 0.3 is 0 Å². The molecule has 0 saturated carbocycles. The number of ether oxygens (including phenoxy) is 2. The van der Waals surface area contributed by atoms with Crippen molar-refractivity contribution in [2.45, 2.75) is 6.54 Å². The van der Waals surface area contributed by atoms with Gasteiger partial charge in [0.15, 0.2) is 5.65 Å². The second kappa shape index (κ2) is 9.38. The third-order valence-corrected chi connectivity index (χ3v) is 6.08. The topological polar surface area (TPSA) is 85.6 Å². The van der Waals surface area contributed by atoms with Crippen LogP contribution in [0.4, 0.5) is 5.82 Å². The highest BCUT2D eigenvalue weighted by molar-refractivity contribution is 5.97. The van der Waals surface area contributed by atoms with Crippen molar-refractivity contribution in [1.29, 1.82) is 0 Å². The molecule has 1 aliphatic heterocycles. The van der Waals surface area contributed by atoms with E-state index in [0.717, 1.165) is 47.0 Å². The minimum Gasteiger partial charge on any atom is -0.497 e. The quantitative estimate of drug-likeness (QED) is 0.439. The molecule has 0 aliphatic carbocycles. The summed E-state index contributed by atoms with van der Waals surface area (Å²) < 4.78 is 12.6. The molecular weight excluding hydrogens is 432 g/mol. The number of piperazine rings is 1. The van der Waals surface area contributed by atoms with Gasteiger partial charge in [0.05, 0.1) is 32.5 Å². The first-order chi connectivity index (χ1) is 16.7. The highest BCUT2D eigenvalue weighted by Gasteiger charge is 2.23. The molecule has 0 radical (unpaired) electrons. The number of carbonyl (C=O) groups excluding carboxylic acids is 1. The molecule has 5 rings (SSSR count). The molecule has 1 amide bonds. The molecule has 0 bridgehead atoms. The first-order valence-electron chi connectivity index (χ1n) is 11.1. The van der Waals surface area contributed by atoms with Gasteiger partial charge in [-0.1, -0.05) is 6.07 Å². The maximum atomic E-state index is 13.1. The van der Waals surface area contributed by atoms with Gasteiger partial charge in [-0.25, -0.2) is 14.6 Å². The molecule has 9 heteroatoms. The van der Waals surface area contributed by atoms with Gasteiger partial charge in [0, 0.05) is 55.6 Å². The predicted molar refractivity (Wildman–Crippen MR) is 129 cm³/mol. The van der Waals surface area contributed by atoms with E-state index in [-0.39, 0.29) is 5.91 Å². The van der Waals surface area contributed by atoms with Gasteiger partial charge in [0.1, 0.15) is 17.3 Å². The molecule has 9 nitrogen and oxygen atoms in total. The summed E-state index contributed by atoms with van der Waals surface area (Å²) in [4.78, 5) is 26.2. The van der Waals surface area contributed by atoms with E-state index in [1.54, 1.807) is 37.5 Å². The highest BCUT2D eigenvalue weighted by Crippen LogP contribution is 2.26. The summed E-state index contributed by atoms with van der Waals surface area (Å²) in [7, 11) is 3.25. The minimum atomic E-state index is -0.0142. The molecule has 0 unspecified atom stereocenters. The summed E-state index contributed by atoms with van der Waals surface area (Å²) in [6, 6.07) is 13.4. The molecule has 34 heavy (non-hydrogen) atoms. The normalized spacial score (nSPS) is 13.8. The van der Waals surface area contributed by atoms with E-state index in [1.165, 1.54) is 0 Å². The number of hydrogen-bond donors (Lipinski definition) is 0. The molecule has 1 fully saturated rings. The molecular formula is C25H26N6O3. The van der Waals surface area contributed by atoms with Gasteiger partial charge in [-0.05, 0) is 30.3 Å². The van der Waals surface area contributed by atoms with Crippen molar-refractivity contribution < 1.29 is 14.3 Å². The lowest BCUT2D eigenvalue weighted by Gasteiger charge is -2.35. The summed E-state index contributed by atoms with van der Waals surface area (Å²) in [5.41, 5.74) is 2.25. The van der Waals surface area contributed by atoms with Gasteiger partial charge in [-0.15, -0.1) is 0 Å². The Morgan fingerprint density at radius 3 is 2.56 bits per heavy atom. The van der Waals surface area contributed by atoms with Crippen LogP contribution in [0.15, 0.2) is 61.1 Å². The smallest absolute Gasteiger partial charge is 0.255 e. The van der Waals surface area contributed by atoms with Crippen molar-refractivity contribution in [2.24, 2.45) is 0 Å². The summed E-state index contributed by atoms with van der Waals surface area (Å²) in [5, 5.41) is 5.32. The number of anilines is 1. The molecule has 4 aromatic rings. The number of fused-ring (bicyclic) bond motifs is 1. The van der Waals surface area contributed by atoms with Crippen molar-refractivity contribution in [3.05, 3.63) is 72.2 Å². The number of benzene rings is 1. The molecule has 1 saturated heterocycles.